The highest BCUT2D eigenvalue weighted by atomic mass is 16.1. The highest BCUT2D eigenvalue weighted by Gasteiger charge is 2.10. The van der Waals surface area contributed by atoms with Crippen LogP contribution in [-0.4, -0.2) is 43.5 Å². The van der Waals surface area contributed by atoms with Gasteiger partial charge >= 0.3 is 0 Å². The largest absolute Gasteiger partial charge is 0.355 e. The second-order valence-corrected chi connectivity index (χ2v) is 4.50. The van der Waals surface area contributed by atoms with Gasteiger partial charge in [0.1, 0.15) is 0 Å². The number of likely N-dealkylation sites (N-methyl/N-ethyl adjacent to an activating group) is 1. The molecule has 17 heavy (non-hydrogen) atoms. The van der Waals surface area contributed by atoms with Gasteiger partial charge < -0.3 is 16.0 Å². The molecule has 0 spiro atoms. The van der Waals surface area contributed by atoms with Gasteiger partial charge in [-0.25, -0.2) is 0 Å². The molecule has 0 aliphatic carbocycles. The Morgan fingerprint density at radius 2 is 2.00 bits per heavy atom. The van der Waals surface area contributed by atoms with Crippen molar-refractivity contribution in [3.8, 4) is 0 Å². The van der Waals surface area contributed by atoms with Crippen LogP contribution in [0, 0.1) is 5.92 Å². The van der Waals surface area contributed by atoms with Gasteiger partial charge in [-0.15, -0.1) is 0 Å². The monoisotopic (exact) mass is 243 g/mol. The highest BCUT2D eigenvalue weighted by molar-refractivity contribution is 5.76. The molecule has 1 amide bonds. The lowest BCUT2D eigenvalue weighted by Gasteiger charge is -2.20. The van der Waals surface area contributed by atoms with Crippen LogP contribution in [0.15, 0.2) is 0 Å². The van der Waals surface area contributed by atoms with Crippen molar-refractivity contribution in [1.29, 1.82) is 0 Å². The minimum atomic E-state index is 0.134. The number of rotatable bonds is 10. The second kappa shape index (κ2) is 10.5. The van der Waals surface area contributed by atoms with E-state index in [0.29, 0.717) is 18.9 Å². The van der Waals surface area contributed by atoms with Crippen molar-refractivity contribution >= 4 is 5.91 Å². The summed E-state index contributed by atoms with van der Waals surface area (Å²) in [5.74, 6) is 0.461. The maximum absolute atomic E-state index is 11.6. The van der Waals surface area contributed by atoms with E-state index in [1.54, 1.807) is 0 Å². The summed E-state index contributed by atoms with van der Waals surface area (Å²) in [5.41, 5.74) is 5.58. The SMILES string of the molecule is CCCN(CC)CCNC(=O)CC(CC)CN. The van der Waals surface area contributed by atoms with Gasteiger partial charge in [0.25, 0.3) is 0 Å². The fraction of sp³-hybridized carbons (Fsp3) is 0.923. The number of nitrogens with one attached hydrogen (secondary N) is 1. The quantitative estimate of drug-likeness (QED) is 0.606. The molecule has 0 rings (SSSR count). The van der Waals surface area contributed by atoms with Gasteiger partial charge in [-0.3, -0.25) is 4.79 Å². The molecule has 0 aliphatic rings. The number of carbonyl (C=O) groups excluding carboxylic acids is 1. The molecule has 0 saturated heterocycles. The van der Waals surface area contributed by atoms with Crippen LogP contribution in [0.3, 0.4) is 0 Å². The average molecular weight is 243 g/mol. The van der Waals surface area contributed by atoms with E-state index in [9.17, 15) is 4.79 Å². The van der Waals surface area contributed by atoms with E-state index in [1.807, 2.05) is 0 Å². The van der Waals surface area contributed by atoms with Crippen molar-refractivity contribution in [3.05, 3.63) is 0 Å². The topological polar surface area (TPSA) is 58.4 Å². The standard InChI is InChI=1S/C13H29N3O/c1-4-8-16(6-3)9-7-15-13(17)10-12(5-2)11-14/h12H,4-11,14H2,1-3H3,(H,15,17). The smallest absolute Gasteiger partial charge is 0.220 e. The van der Waals surface area contributed by atoms with Crippen molar-refractivity contribution in [2.75, 3.05) is 32.7 Å². The number of carbonyl (C=O) groups is 1. The van der Waals surface area contributed by atoms with Gasteiger partial charge in [0.2, 0.25) is 5.91 Å². The summed E-state index contributed by atoms with van der Waals surface area (Å²) in [7, 11) is 0. The first-order chi connectivity index (χ1) is 8.17. The lowest BCUT2D eigenvalue weighted by Crippen LogP contribution is -2.36. The molecule has 0 bridgehead atoms. The second-order valence-electron chi connectivity index (χ2n) is 4.50. The summed E-state index contributed by atoms with van der Waals surface area (Å²) in [5, 5.41) is 2.97. The number of nitrogens with two attached hydrogens (primary N) is 1. The van der Waals surface area contributed by atoms with Crippen LogP contribution in [0.4, 0.5) is 0 Å². The number of amides is 1. The van der Waals surface area contributed by atoms with Crippen molar-refractivity contribution < 1.29 is 4.79 Å². The summed E-state index contributed by atoms with van der Waals surface area (Å²) >= 11 is 0. The number of hydrogen-bond donors (Lipinski definition) is 2. The van der Waals surface area contributed by atoms with Gasteiger partial charge in [0.05, 0.1) is 0 Å². The van der Waals surface area contributed by atoms with Crippen LogP contribution in [0.1, 0.15) is 40.0 Å². The maximum atomic E-state index is 11.6. The minimum Gasteiger partial charge on any atom is -0.355 e. The van der Waals surface area contributed by atoms with Gasteiger partial charge in [-0.05, 0) is 32.0 Å². The molecule has 102 valence electrons. The first kappa shape index (κ1) is 16.4. The van der Waals surface area contributed by atoms with Crippen LogP contribution in [-0.2, 0) is 4.79 Å². The Balaban J connectivity index is 3.69. The number of hydrogen-bond acceptors (Lipinski definition) is 3. The Kier molecular flexibility index (Phi) is 10.2. The molecule has 4 nitrogen and oxygen atoms in total. The molecule has 1 atom stereocenters. The fourth-order valence-electron chi connectivity index (χ4n) is 1.83. The molecule has 0 aromatic carbocycles. The molecule has 0 fully saturated rings. The molecule has 0 aromatic heterocycles. The van der Waals surface area contributed by atoms with Crippen LogP contribution < -0.4 is 11.1 Å². The third-order valence-corrected chi connectivity index (χ3v) is 3.12. The van der Waals surface area contributed by atoms with Crippen LogP contribution in [0.25, 0.3) is 0 Å². The predicted molar refractivity (Wildman–Crippen MR) is 72.9 cm³/mol. The van der Waals surface area contributed by atoms with E-state index in [2.05, 4.69) is 31.0 Å². The third kappa shape index (κ3) is 8.16. The molecule has 1 unspecified atom stereocenters. The Bertz CT molecular complexity index is 193. The first-order valence-electron chi connectivity index (χ1n) is 6.86. The summed E-state index contributed by atoms with van der Waals surface area (Å²) in [4.78, 5) is 14.0. The van der Waals surface area contributed by atoms with Crippen LogP contribution in [0.5, 0.6) is 0 Å². The van der Waals surface area contributed by atoms with Gasteiger partial charge in [0.15, 0.2) is 0 Å². The zero-order valence-electron chi connectivity index (χ0n) is 11.7. The minimum absolute atomic E-state index is 0.134. The Hall–Kier alpha value is -0.610. The summed E-state index contributed by atoms with van der Waals surface area (Å²) in [6.07, 6.45) is 2.70. The lowest BCUT2D eigenvalue weighted by molar-refractivity contribution is -0.122. The molecule has 4 heteroatoms. The summed E-state index contributed by atoms with van der Waals surface area (Å²) < 4.78 is 0. The van der Waals surface area contributed by atoms with E-state index >= 15 is 0 Å². The van der Waals surface area contributed by atoms with Crippen LogP contribution >= 0.6 is 0 Å². The fourth-order valence-corrected chi connectivity index (χ4v) is 1.83. The van der Waals surface area contributed by atoms with Gasteiger partial charge in [-0.2, -0.15) is 0 Å². The molecule has 0 aromatic rings. The summed E-state index contributed by atoms with van der Waals surface area (Å²) in [6.45, 7) is 10.8. The zero-order valence-corrected chi connectivity index (χ0v) is 11.7. The van der Waals surface area contributed by atoms with Crippen molar-refractivity contribution in [2.24, 2.45) is 11.7 Å². The maximum Gasteiger partial charge on any atom is 0.220 e. The number of nitrogens with zero attached hydrogens (tertiary/aromatic N) is 1. The third-order valence-electron chi connectivity index (χ3n) is 3.12. The van der Waals surface area contributed by atoms with Crippen LogP contribution in [0.2, 0.25) is 0 Å². The zero-order chi connectivity index (χ0) is 13.1. The van der Waals surface area contributed by atoms with Crippen molar-refractivity contribution in [2.45, 2.75) is 40.0 Å². The Morgan fingerprint density at radius 3 is 2.47 bits per heavy atom. The lowest BCUT2D eigenvalue weighted by atomic mass is 10.0. The molecule has 0 saturated carbocycles. The predicted octanol–water partition coefficient (Wildman–Crippen LogP) is 1.21. The molecule has 0 aliphatic heterocycles. The van der Waals surface area contributed by atoms with E-state index in [-0.39, 0.29) is 5.91 Å². The molecule has 0 heterocycles. The van der Waals surface area contributed by atoms with E-state index < -0.39 is 0 Å². The molecule has 3 N–H and O–H groups in total. The molecular formula is C13H29N3O. The highest BCUT2D eigenvalue weighted by Crippen LogP contribution is 2.04. The van der Waals surface area contributed by atoms with E-state index in [0.717, 1.165) is 39.0 Å². The molecule has 0 radical (unpaired) electrons. The van der Waals surface area contributed by atoms with Crippen molar-refractivity contribution in [3.63, 3.8) is 0 Å². The summed E-state index contributed by atoms with van der Waals surface area (Å²) in [6, 6.07) is 0. The van der Waals surface area contributed by atoms with E-state index in [4.69, 9.17) is 5.73 Å². The van der Waals surface area contributed by atoms with Gasteiger partial charge in [-0.1, -0.05) is 27.2 Å². The van der Waals surface area contributed by atoms with Gasteiger partial charge in [0, 0.05) is 19.5 Å². The average Bonchev–Trinajstić information content (AvgIpc) is 2.34. The van der Waals surface area contributed by atoms with Crippen molar-refractivity contribution in [1.82, 2.24) is 10.2 Å². The Labute approximate surface area is 106 Å². The molecular weight excluding hydrogens is 214 g/mol. The first-order valence-corrected chi connectivity index (χ1v) is 6.86. The normalized spacial score (nSPS) is 12.8. The Morgan fingerprint density at radius 1 is 1.29 bits per heavy atom. The van der Waals surface area contributed by atoms with E-state index in [1.165, 1.54) is 0 Å².